The zero-order valence-electron chi connectivity index (χ0n) is 12.1. The van der Waals surface area contributed by atoms with Crippen LogP contribution in [0.2, 0.25) is 0 Å². The highest BCUT2D eigenvalue weighted by atomic mass is 16.5. The monoisotopic (exact) mass is 263 g/mol. The van der Waals surface area contributed by atoms with E-state index >= 15 is 0 Å². The van der Waals surface area contributed by atoms with E-state index in [0.717, 1.165) is 29.7 Å². The van der Waals surface area contributed by atoms with Gasteiger partial charge in [-0.25, -0.2) is 0 Å². The minimum atomic E-state index is -0.449. The number of nitrogens with one attached hydrogen (secondary N) is 1. The van der Waals surface area contributed by atoms with Crippen LogP contribution in [0.4, 0.5) is 0 Å². The Bertz CT molecular complexity index is 419. The topological polar surface area (TPSA) is 41.5 Å². The molecule has 3 unspecified atom stereocenters. The van der Waals surface area contributed by atoms with Gasteiger partial charge in [0, 0.05) is 6.54 Å². The van der Waals surface area contributed by atoms with Crippen LogP contribution in [0.3, 0.4) is 0 Å². The molecule has 2 N–H and O–H groups in total. The standard InChI is InChI=1S/C16H25NO2/c1-11-4-5-16(13(3)6-11)19-10-15(18)9-17-8-14-7-12(14)2/h4-6,12,14-15,17-18H,7-10H2,1-3H3. The van der Waals surface area contributed by atoms with Crippen LogP contribution < -0.4 is 10.1 Å². The fourth-order valence-electron chi connectivity index (χ4n) is 2.33. The number of rotatable bonds is 7. The van der Waals surface area contributed by atoms with Crippen LogP contribution in [0.5, 0.6) is 5.75 Å². The smallest absolute Gasteiger partial charge is 0.122 e. The summed E-state index contributed by atoms with van der Waals surface area (Å²) in [6.45, 7) is 8.33. The van der Waals surface area contributed by atoms with Gasteiger partial charge < -0.3 is 15.2 Å². The highest BCUT2D eigenvalue weighted by Crippen LogP contribution is 2.36. The molecule has 1 aromatic rings. The Hall–Kier alpha value is -1.06. The van der Waals surface area contributed by atoms with Crippen LogP contribution in [-0.4, -0.2) is 30.9 Å². The van der Waals surface area contributed by atoms with Crippen molar-refractivity contribution in [3.05, 3.63) is 29.3 Å². The molecule has 106 valence electrons. The molecule has 1 saturated carbocycles. The molecule has 1 aliphatic carbocycles. The second kappa shape index (κ2) is 6.40. The van der Waals surface area contributed by atoms with Crippen molar-refractivity contribution in [3.8, 4) is 5.75 Å². The fourth-order valence-corrected chi connectivity index (χ4v) is 2.33. The molecule has 3 heteroatoms. The molecule has 1 aliphatic rings. The van der Waals surface area contributed by atoms with Crippen molar-refractivity contribution in [1.82, 2.24) is 5.32 Å². The van der Waals surface area contributed by atoms with E-state index in [2.05, 4.69) is 25.2 Å². The predicted molar refractivity (Wildman–Crippen MR) is 77.6 cm³/mol. The van der Waals surface area contributed by atoms with Crippen LogP contribution in [0.1, 0.15) is 24.5 Å². The summed E-state index contributed by atoms with van der Waals surface area (Å²) in [6.07, 6.45) is 0.872. The van der Waals surface area contributed by atoms with Crippen molar-refractivity contribution in [3.63, 3.8) is 0 Å². The first-order chi connectivity index (χ1) is 9.06. The molecule has 3 atom stereocenters. The lowest BCUT2D eigenvalue weighted by molar-refractivity contribution is 0.106. The summed E-state index contributed by atoms with van der Waals surface area (Å²) in [5.74, 6) is 2.53. The molecular weight excluding hydrogens is 238 g/mol. The Labute approximate surface area is 116 Å². The first-order valence-electron chi connectivity index (χ1n) is 7.15. The Kier molecular flexibility index (Phi) is 4.83. The maximum Gasteiger partial charge on any atom is 0.122 e. The Morgan fingerprint density at radius 2 is 2.16 bits per heavy atom. The van der Waals surface area contributed by atoms with E-state index in [1.807, 2.05) is 19.1 Å². The summed E-state index contributed by atoms with van der Waals surface area (Å²) in [6, 6.07) is 6.09. The van der Waals surface area contributed by atoms with Gasteiger partial charge in [0.05, 0.1) is 0 Å². The highest BCUT2D eigenvalue weighted by molar-refractivity contribution is 5.35. The van der Waals surface area contributed by atoms with E-state index in [0.29, 0.717) is 13.2 Å². The van der Waals surface area contributed by atoms with Crippen LogP contribution in [0.15, 0.2) is 18.2 Å². The number of hydrogen-bond donors (Lipinski definition) is 2. The minimum absolute atomic E-state index is 0.344. The summed E-state index contributed by atoms with van der Waals surface area (Å²) >= 11 is 0. The van der Waals surface area contributed by atoms with Crippen LogP contribution in [0.25, 0.3) is 0 Å². The van der Waals surface area contributed by atoms with Crippen molar-refractivity contribution in [2.75, 3.05) is 19.7 Å². The van der Waals surface area contributed by atoms with E-state index in [1.54, 1.807) is 0 Å². The van der Waals surface area contributed by atoms with Gasteiger partial charge in [-0.2, -0.15) is 0 Å². The quantitative estimate of drug-likeness (QED) is 0.793. The molecule has 0 radical (unpaired) electrons. The van der Waals surface area contributed by atoms with Crippen molar-refractivity contribution >= 4 is 0 Å². The van der Waals surface area contributed by atoms with Crippen LogP contribution >= 0.6 is 0 Å². The van der Waals surface area contributed by atoms with Gasteiger partial charge in [0.1, 0.15) is 18.5 Å². The number of aliphatic hydroxyl groups excluding tert-OH is 1. The SMILES string of the molecule is Cc1ccc(OCC(O)CNCC2CC2C)c(C)c1. The average molecular weight is 263 g/mol. The van der Waals surface area contributed by atoms with Crippen LogP contribution in [0, 0.1) is 25.7 Å². The van der Waals surface area contributed by atoms with Gasteiger partial charge in [0.2, 0.25) is 0 Å². The Morgan fingerprint density at radius 3 is 2.79 bits per heavy atom. The molecule has 0 spiro atoms. The third kappa shape index (κ3) is 4.51. The van der Waals surface area contributed by atoms with Gasteiger partial charge in [-0.05, 0) is 50.3 Å². The number of aryl methyl sites for hydroxylation is 2. The molecular formula is C16H25NO2. The zero-order chi connectivity index (χ0) is 13.8. The lowest BCUT2D eigenvalue weighted by Crippen LogP contribution is -2.32. The highest BCUT2D eigenvalue weighted by Gasteiger charge is 2.31. The van der Waals surface area contributed by atoms with Gasteiger partial charge in [-0.15, -0.1) is 0 Å². The summed E-state index contributed by atoms with van der Waals surface area (Å²) < 4.78 is 5.66. The maximum atomic E-state index is 9.87. The summed E-state index contributed by atoms with van der Waals surface area (Å²) in [4.78, 5) is 0. The molecule has 0 amide bonds. The zero-order valence-corrected chi connectivity index (χ0v) is 12.1. The van der Waals surface area contributed by atoms with Crippen LogP contribution in [-0.2, 0) is 0 Å². The Balaban J connectivity index is 1.66. The lowest BCUT2D eigenvalue weighted by atomic mass is 10.1. The number of hydrogen-bond acceptors (Lipinski definition) is 3. The van der Waals surface area contributed by atoms with Gasteiger partial charge in [-0.3, -0.25) is 0 Å². The summed E-state index contributed by atoms with van der Waals surface area (Å²) in [5, 5.41) is 13.2. The van der Waals surface area contributed by atoms with Gasteiger partial charge >= 0.3 is 0 Å². The molecule has 0 aromatic heterocycles. The van der Waals surface area contributed by atoms with E-state index < -0.39 is 6.10 Å². The number of aliphatic hydroxyl groups is 1. The van der Waals surface area contributed by atoms with Crippen molar-refractivity contribution in [2.45, 2.75) is 33.3 Å². The summed E-state index contributed by atoms with van der Waals surface area (Å²) in [5.41, 5.74) is 2.34. The molecule has 2 rings (SSSR count). The van der Waals surface area contributed by atoms with Gasteiger partial charge in [0.25, 0.3) is 0 Å². The van der Waals surface area contributed by atoms with E-state index in [-0.39, 0.29) is 0 Å². The molecule has 0 aliphatic heterocycles. The summed E-state index contributed by atoms with van der Waals surface area (Å²) in [7, 11) is 0. The van der Waals surface area contributed by atoms with E-state index in [1.165, 1.54) is 12.0 Å². The normalized spacial score (nSPS) is 23.2. The predicted octanol–water partition coefficient (Wildman–Crippen LogP) is 2.29. The molecule has 0 saturated heterocycles. The minimum Gasteiger partial charge on any atom is -0.491 e. The molecule has 1 fully saturated rings. The molecule has 0 heterocycles. The first kappa shape index (κ1) is 14.4. The van der Waals surface area contributed by atoms with E-state index in [9.17, 15) is 5.11 Å². The third-order valence-corrected chi connectivity index (χ3v) is 3.82. The van der Waals surface area contributed by atoms with Crippen molar-refractivity contribution < 1.29 is 9.84 Å². The maximum absolute atomic E-state index is 9.87. The lowest BCUT2D eigenvalue weighted by Gasteiger charge is -2.14. The largest absolute Gasteiger partial charge is 0.491 e. The fraction of sp³-hybridized carbons (Fsp3) is 0.625. The van der Waals surface area contributed by atoms with Gasteiger partial charge in [-0.1, -0.05) is 24.6 Å². The second-order valence-electron chi connectivity index (χ2n) is 5.87. The molecule has 19 heavy (non-hydrogen) atoms. The molecule has 3 nitrogen and oxygen atoms in total. The third-order valence-electron chi connectivity index (χ3n) is 3.82. The van der Waals surface area contributed by atoms with E-state index in [4.69, 9.17) is 4.74 Å². The average Bonchev–Trinajstić information content (AvgIpc) is 3.04. The molecule has 1 aromatic carbocycles. The number of benzene rings is 1. The Morgan fingerprint density at radius 1 is 1.42 bits per heavy atom. The van der Waals surface area contributed by atoms with Crippen molar-refractivity contribution in [2.24, 2.45) is 11.8 Å². The second-order valence-corrected chi connectivity index (χ2v) is 5.87. The van der Waals surface area contributed by atoms with Crippen molar-refractivity contribution in [1.29, 1.82) is 0 Å². The number of ether oxygens (including phenoxy) is 1. The van der Waals surface area contributed by atoms with Gasteiger partial charge in [0.15, 0.2) is 0 Å². The first-order valence-corrected chi connectivity index (χ1v) is 7.15. The molecule has 0 bridgehead atoms.